The topological polar surface area (TPSA) is 82.1 Å². The Bertz CT molecular complexity index is 1030. The number of allylic oxidation sites excluding steroid dienone is 4. The average molecular weight is 439 g/mol. The highest BCUT2D eigenvalue weighted by molar-refractivity contribution is 5.73. The van der Waals surface area contributed by atoms with E-state index in [9.17, 15) is 4.39 Å². The van der Waals surface area contributed by atoms with E-state index < -0.39 is 6.67 Å². The second kappa shape index (κ2) is 11.4. The highest BCUT2D eigenvalue weighted by atomic mass is 19.1. The molecule has 0 saturated carbocycles. The minimum atomic E-state index is -0.558. The first-order valence-electron chi connectivity index (χ1n) is 11.0. The van der Waals surface area contributed by atoms with Crippen LogP contribution in [0.1, 0.15) is 38.1 Å². The summed E-state index contributed by atoms with van der Waals surface area (Å²) in [5, 5.41) is 4.57. The number of halogens is 1. The second-order valence-electron chi connectivity index (χ2n) is 7.42. The normalized spacial score (nSPS) is 15.7. The first-order valence-corrected chi connectivity index (χ1v) is 11.0. The molecule has 0 saturated heterocycles. The van der Waals surface area contributed by atoms with Crippen molar-refractivity contribution in [1.82, 2.24) is 19.7 Å². The number of aromatic nitrogens is 4. The smallest absolute Gasteiger partial charge is 0.220 e. The predicted octanol–water partition coefficient (Wildman–Crippen LogP) is 3.75. The van der Waals surface area contributed by atoms with Crippen LogP contribution in [-0.4, -0.2) is 46.1 Å². The fourth-order valence-electron chi connectivity index (χ4n) is 3.38. The highest BCUT2D eigenvalue weighted by Gasteiger charge is 2.18. The first-order chi connectivity index (χ1) is 15.6. The number of nitrogens with zero attached hydrogens (tertiary/aromatic N) is 5. The van der Waals surface area contributed by atoms with Gasteiger partial charge in [-0.05, 0) is 56.9 Å². The van der Waals surface area contributed by atoms with Gasteiger partial charge < -0.3 is 15.4 Å². The summed E-state index contributed by atoms with van der Waals surface area (Å²) >= 11 is 0. The van der Waals surface area contributed by atoms with Gasteiger partial charge in [-0.2, -0.15) is 5.10 Å². The van der Waals surface area contributed by atoms with Crippen molar-refractivity contribution in [3.63, 3.8) is 0 Å². The molecule has 2 aromatic rings. The molecule has 0 radical (unpaired) electrons. The maximum absolute atomic E-state index is 13.4. The summed E-state index contributed by atoms with van der Waals surface area (Å²) in [6, 6.07) is 1.89. The maximum atomic E-state index is 13.4. The quantitative estimate of drug-likeness (QED) is 0.601. The molecule has 0 spiro atoms. The Morgan fingerprint density at radius 3 is 2.56 bits per heavy atom. The Morgan fingerprint density at radius 1 is 1.19 bits per heavy atom. The van der Waals surface area contributed by atoms with Crippen LogP contribution in [0.3, 0.4) is 0 Å². The van der Waals surface area contributed by atoms with Gasteiger partial charge in [0.15, 0.2) is 17.4 Å². The number of hydrogen-bond acceptors (Lipinski definition) is 6. The van der Waals surface area contributed by atoms with Crippen LogP contribution in [0, 0.1) is 0 Å². The van der Waals surface area contributed by atoms with Crippen molar-refractivity contribution < 1.29 is 9.13 Å². The van der Waals surface area contributed by atoms with Crippen molar-refractivity contribution >= 4 is 11.4 Å². The van der Waals surface area contributed by atoms with Gasteiger partial charge in [0.2, 0.25) is 5.88 Å². The molecule has 0 aromatic carbocycles. The number of ether oxygens (including phenoxy) is 1. The Morgan fingerprint density at radius 2 is 1.91 bits per heavy atom. The molecule has 8 heteroatoms. The van der Waals surface area contributed by atoms with Crippen molar-refractivity contribution in [2.45, 2.75) is 33.1 Å². The molecule has 170 valence electrons. The molecule has 1 aliphatic carbocycles. The van der Waals surface area contributed by atoms with Gasteiger partial charge in [0.25, 0.3) is 0 Å². The van der Waals surface area contributed by atoms with E-state index in [1.165, 1.54) is 0 Å². The summed E-state index contributed by atoms with van der Waals surface area (Å²) in [5.41, 5.74) is 11.0. The van der Waals surface area contributed by atoms with Gasteiger partial charge in [-0.3, -0.25) is 0 Å². The van der Waals surface area contributed by atoms with Gasteiger partial charge in [-0.25, -0.2) is 19.0 Å². The monoisotopic (exact) mass is 438 g/mol. The summed E-state index contributed by atoms with van der Waals surface area (Å²) in [6.45, 7) is 5.83. The third-order valence-corrected chi connectivity index (χ3v) is 5.21. The fourth-order valence-corrected chi connectivity index (χ4v) is 3.38. The number of nitrogens with two attached hydrogens (primary N) is 1. The van der Waals surface area contributed by atoms with E-state index in [2.05, 4.69) is 39.5 Å². The molecule has 2 N–H and O–H groups in total. The van der Waals surface area contributed by atoms with E-state index in [0.29, 0.717) is 54.4 Å². The summed E-state index contributed by atoms with van der Waals surface area (Å²) in [7, 11) is 1.83. The zero-order chi connectivity index (χ0) is 22.9. The third-order valence-electron chi connectivity index (χ3n) is 5.21. The zero-order valence-electron chi connectivity index (χ0n) is 19.0. The number of anilines is 1. The lowest BCUT2D eigenvalue weighted by Gasteiger charge is -2.16. The van der Waals surface area contributed by atoms with Crippen LogP contribution in [-0.2, 0) is 13.5 Å². The Hall–Kier alpha value is -3.22. The summed E-state index contributed by atoms with van der Waals surface area (Å²) in [5.74, 6) is 2.33. The van der Waals surface area contributed by atoms with Crippen LogP contribution < -0.4 is 15.4 Å². The van der Waals surface area contributed by atoms with Crippen molar-refractivity contribution in [3.8, 4) is 5.88 Å². The Balaban J connectivity index is 2.01. The first kappa shape index (κ1) is 23.4. The van der Waals surface area contributed by atoms with Crippen LogP contribution in [0.25, 0.3) is 5.57 Å². The van der Waals surface area contributed by atoms with E-state index in [1.54, 1.807) is 23.2 Å². The average Bonchev–Trinajstić information content (AvgIpc) is 3.20. The molecule has 2 heterocycles. The molecule has 0 bridgehead atoms. The van der Waals surface area contributed by atoms with Crippen LogP contribution >= 0.6 is 0 Å². The Kier molecular flexibility index (Phi) is 8.36. The van der Waals surface area contributed by atoms with Gasteiger partial charge in [0.1, 0.15) is 6.67 Å². The summed E-state index contributed by atoms with van der Waals surface area (Å²) < 4.78 is 21.3. The van der Waals surface area contributed by atoms with Gasteiger partial charge in [0.05, 0.1) is 5.57 Å². The largest absolute Gasteiger partial charge is 0.430 e. The predicted molar refractivity (Wildman–Crippen MR) is 125 cm³/mol. The van der Waals surface area contributed by atoms with Gasteiger partial charge in [-0.15, -0.1) is 0 Å². The van der Waals surface area contributed by atoms with Gasteiger partial charge in [-0.1, -0.05) is 17.9 Å². The van der Waals surface area contributed by atoms with E-state index >= 15 is 0 Å². The van der Waals surface area contributed by atoms with Crippen molar-refractivity contribution in [2.75, 3.05) is 31.2 Å². The van der Waals surface area contributed by atoms with Crippen molar-refractivity contribution in [3.05, 3.63) is 65.1 Å². The van der Waals surface area contributed by atoms with E-state index in [0.717, 1.165) is 24.5 Å². The second-order valence-corrected chi connectivity index (χ2v) is 7.42. The summed E-state index contributed by atoms with van der Waals surface area (Å²) in [4.78, 5) is 11.2. The molecule has 7 nitrogen and oxygen atoms in total. The lowest BCUT2D eigenvalue weighted by molar-refractivity contribution is 0.403. The molecule has 32 heavy (non-hydrogen) atoms. The zero-order valence-corrected chi connectivity index (χ0v) is 19.0. The molecule has 0 amide bonds. The van der Waals surface area contributed by atoms with Crippen LogP contribution in [0.5, 0.6) is 5.88 Å². The standard InChI is InChI=1S/C24H31FN6O/c1-4-31(5-2)22-14-23(30(3)29-22)32-21-11-10-18(15-25)8-6-7-9-20(21)24-27-16-19(12-13-26)17-28-24/h8-10,14,16-17H,4-7,12-13,15,26H2,1-3H3/b18-8+,20-9?. The van der Waals surface area contributed by atoms with Crippen molar-refractivity contribution in [2.24, 2.45) is 12.8 Å². The molecule has 1 aliphatic rings. The molecular weight excluding hydrogens is 407 g/mol. The van der Waals surface area contributed by atoms with Gasteiger partial charge >= 0.3 is 0 Å². The van der Waals surface area contributed by atoms with Gasteiger partial charge in [0, 0.05) is 38.6 Å². The van der Waals surface area contributed by atoms with E-state index in [-0.39, 0.29) is 0 Å². The lowest BCUT2D eigenvalue weighted by Crippen LogP contribution is -2.22. The molecule has 3 rings (SSSR count). The number of rotatable bonds is 9. The van der Waals surface area contributed by atoms with Crippen LogP contribution in [0.4, 0.5) is 10.2 Å². The molecule has 0 atom stereocenters. The van der Waals surface area contributed by atoms with Crippen molar-refractivity contribution in [1.29, 1.82) is 0 Å². The number of aryl methyl sites for hydroxylation is 1. The number of alkyl halides is 1. The van der Waals surface area contributed by atoms with Crippen LogP contribution in [0.2, 0.25) is 0 Å². The molecule has 0 fully saturated rings. The summed E-state index contributed by atoms with van der Waals surface area (Å²) in [6.07, 6.45) is 11.2. The molecule has 0 aliphatic heterocycles. The molecular formula is C24H31FN6O. The highest BCUT2D eigenvalue weighted by Crippen LogP contribution is 2.28. The Labute approximate surface area is 188 Å². The van der Waals surface area contributed by atoms with E-state index in [1.807, 2.05) is 25.3 Å². The fraction of sp³-hybridized carbons (Fsp3) is 0.417. The number of hydrogen-bond donors (Lipinski definition) is 1. The minimum Gasteiger partial charge on any atom is -0.430 e. The molecule has 0 unspecified atom stereocenters. The third kappa shape index (κ3) is 5.72. The lowest BCUT2D eigenvalue weighted by atomic mass is 10.1. The van der Waals surface area contributed by atoms with E-state index in [4.69, 9.17) is 10.5 Å². The van der Waals surface area contributed by atoms with Crippen LogP contribution in [0.15, 0.2) is 53.8 Å². The maximum Gasteiger partial charge on any atom is 0.220 e. The SMILES string of the molecule is CCN(CC)c1cc(OC2=C=C/C(CF)=C\CCC=C2c2ncc(CCN)cn2)n(C)n1. The molecule has 2 aromatic heterocycles. The minimum absolute atomic E-state index is 0.423.